The zero-order chi connectivity index (χ0) is 23.5. The van der Waals surface area contributed by atoms with Crippen LogP contribution >= 0.6 is 0 Å². The van der Waals surface area contributed by atoms with Crippen LogP contribution in [0.15, 0.2) is 78.6 Å². The number of benzene rings is 3. The van der Waals surface area contributed by atoms with E-state index in [1.165, 1.54) is 4.90 Å². The first-order chi connectivity index (χ1) is 16.6. The Balaban J connectivity index is 1.34. The lowest BCUT2D eigenvalue weighted by atomic mass is 10.1. The van der Waals surface area contributed by atoms with Gasteiger partial charge in [-0.15, -0.1) is 0 Å². The van der Waals surface area contributed by atoms with E-state index in [2.05, 4.69) is 5.32 Å². The number of anilines is 1. The number of ether oxygens (including phenoxy) is 3. The Morgan fingerprint density at radius 2 is 1.71 bits per heavy atom. The van der Waals surface area contributed by atoms with Crippen LogP contribution in [0.5, 0.6) is 17.2 Å². The Bertz CT molecular complexity index is 1250. The largest absolute Gasteiger partial charge is 0.486 e. The van der Waals surface area contributed by atoms with Crippen molar-refractivity contribution in [2.45, 2.75) is 13.0 Å². The number of fused-ring (bicyclic) bond motifs is 2. The minimum absolute atomic E-state index is 0.139. The lowest BCUT2D eigenvalue weighted by Gasteiger charge is -2.30. The van der Waals surface area contributed by atoms with Crippen molar-refractivity contribution in [2.75, 3.05) is 24.7 Å². The molecule has 0 aromatic heterocycles. The maximum atomic E-state index is 13.3. The highest BCUT2D eigenvalue weighted by atomic mass is 16.6. The molecule has 172 valence electrons. The van der Waals surface area contributed by atoms with Gasteiger partial charge in [0.05, 0.1) is 11.7 Å². The Morgan fingerprint density at radius 1 is 0.971 bits per heavy atom. The van der Waals surface area contributed by atoms with E-state index in [1.807, 2.05) is 67.6 Å². The molecule has 3 aromatic carbocycles. The zero-order valence-corrected chi connectivity index (χ0v) is 18.7. The van der Waals surface area contributed by atoms with E-state index < -0.39 is 0 Å². The first-order valence-corrected chi connectivity index (χ1v) is 11.1. The van der Waals surface area contributed by atoms with Gasteiger partial charge in [-0.3, -0.25) is 14.5 Å². The van der Waals surface area contributed by atoms with Crippen LogP contribution in [0.2, 0.25) is 0 Å². The molecule has 2 amide bonds. The third-order valence-corrected chi connectivity index (χ3v) is 5.67. The quantitative estimate of drug-likeness (QED) is 0.585. The predicted octanol–water partition coefficient (Wildman–Crippen LogP) is 4.10. The van der Waals surface area contributed by atoms with Gasteiger partial charge in [0.1, 0.15) is 19.8 Å². The van der Waals surface area contributed by atoms with Gasteiger partial charge < -0.3 is 19.5 Å². The van der Waals surface area contributed by atoms with Crippen LogP contribution in [0.4, 0.5) is 5.69 Å². The molecule has 0 saturated carbocycles. The third-order valence-electron chi connectivity index (χ3n) is 5.67. The van der Waals surface area contributed by atoms with E-state index in [0.717, 1.165) is 11.1 Å². The minimum Gasteiger partial charge on any atom is -0.486 e. The second kappa shape index (κ2) is 9.31. The van der Waals surface area contributed by atoms with Gasteiger partial charge in [0.25, 0.3) is 5.91 Å². The molecule has 0 radical (unpaired) electrons. The lowest BCUT2D eigenvalue weighted by molar-refractivity contribution is -0.123. The van der Waals surface area contributed by atoms with Gasteiger partial charge >= 0.3 is 0 Å². The van der Waals surface area contributed by atoms with E-state index in [1.54, 1.807) is 18.2 Å². The summed E-state index contributed by atoms with van der Waals surface area (Å²) in [5, 5.41) is 2.98. The summed E-state index contributed by atoms with van der Waals surface area (Å²) < 4.78 is 17.1. The molecule has 7 nitrogen and oxygen atoms in total. The highest BCUT2D eigenvalue weighted by Crippen LogP contribution is 2.36. The first-order valence-electron chi connectivity index (χ1n) is 11.1. The van der Waals surface area contributed by atoms with Gasteiger partial charge in [0.2, 0.25) is 5.91 Å². The minimum atomic E-state index is -0.371. The van der Waals surface area contributed by atoms with Crippen LogP contribution in [-0.4, -0.2) is 31.6 Å². The molecule has 5 rings (SSSR count). The highest BCUT2D eigenvalue weighted by molar-refractivity contribution is 6.12. The molecule has 2 heterocycles. The lowest BCUT2D eigenvalue weighted by Crippen LogP contribution is -2.44. The summed E-state index contributed by atoms with van der Waals surface area (Å²) in [5.74, 6) is 1.39. The van der Waals surface area contributed by atoms with Crippen LogP contribution < -0.4 is 24.4 Å². The second-order valence-electron chi connectivity index (χ2n) is 8.07. The molecule has 0 unspecified atom stereocenters. The summed E-state index contributed by atoms with van der Waals surface area (Å²) in [6.45, 7) is 2.77. The number of para-hydroxylation sites is 2. The van der Waals surface area contributed by atoms with Gasteiger partial charge in [0.15, 0.2) is 23.0 Å². The number of nitrogens with zero attached hydrogens (tertiary/aromatic N) is 1. The van der Waals surface area contributed by atoms with Crippen molar-refractivity contribution in [3.63, 3.8) is 0 Å². The van der Waals surface area contributed by atoms with Crippen molar-refractivity contribution in [1.29, 1.82) is 0 Å². The average Bonchev–Trinajstić information content (AvgIpc) is 2.87. The molecular weight excluding hydrogens is 432 g/mol. The number of hydrogen-bond donors (Lipinski definition) is 1. The Hall–Kier alpha value is -4.26. The van der Waals surface area contributed by atoms with Crippen molar-refractivity contribution in [3.05, 3.63) is 89.7 Å². The number of rotatable bonds is 5. The molecule has 2 aliphatic rings. The SMILES string of the molecule is C[C@H](NC(=O)CN1C(=O)/C(=C\c2ccccc2)Oc2ccccc21)c1ccc2c(c1)OCCO2. The van der Waals surface area contributed by atoms with E-state index >= 15 is 0 Å². The van der Waals surface area contributed by atoms with Crippen molar-refractivity contribution >= 4 is 23.6 Å². The number of carbonyl (C=O) groups is 2. The fourth-order valence-electron chi connectivity index (χ4n) is 3.96. The summed E-state index contributed by atoms with van der Waals surface area (Å²) in [7, 11) is 0. The molecule has 7 heteroatoms. The van der Waals surface area contributed by atoms with Gasteiger partial charge in [-0.2, -0.15) is 0 Å². The normalized spacial score (nSPS) is 16.4. The maximum Gasteiger partial charge on any atom is 0.294 e. The van der Waals surface area contributed by atoms with Crippen molar-refractivity contribution in [3.8, 4) is 17.2 Å². The summed E-state index contributed by atoms with van der Waals surface area (Å²) >= 11 is 0. The molecule has 0 bridgehead atoms. The van der Waals surface area contributed by atoms with Crippen molar-refractivity contribution in [1.82, 2.24) is 5.32 Å². The van der Waals surface area contributed by atoms with Gasteiger partial charge in [-0.1, -0.05) is 48.5 Å². The average molecular weight is 456 g/mol. The smallest absolute Gasteiger partial charge is 0.294 e. The van der Waals surface area contributed by atoms with Gasteiger partial charge in [-0.25, -0.2) is 0 Å². The molecular formula is C27H24N2O5. The zero-order valence-electron chi connectivity index (χ0n) is 18.7. The van der Waals surface area contributed by atoms with E-state index in [9.17, 15) is 9.59 Å². The molecule has 0 saturated heterocycles. The van der Waals surface area contributed by atoms with Gasteiger partial charge in [-0.05, 0) is 48.4 Å². The first kappa shape index (κ1) is 21.6. The standard InChI is InChI=1S/C27H24N2O5/c1-18(20-11-12-23-24(16-20)33-14-13-32-23)28-26(30)17-29-21-9-5-6-10-22(21)34-25(27(29)31)15-19-7-3-2-4-8-19/h2-12,15-16,18H,13-14,17H2,1H3,(H,28,30)/b25-15+/t18-/m0/s1. The van der Waals surface area contributed by atoms with Crippen LogP contribution in [-0.2, 0) is 9.59 Å². The maximum absolute atomic E-state index is 13.3. The van der Waals surface area contributed by atoms with Crippen molar-refractivity contribution < 1.29 is 23.8 Å². The monoisotopic (exact) mass is 456 g/mol. The van der Waals surface area contributed by atoms with Crippen molar-refractivity contribution in [2.24, 2.45) is 0 Å². The molecule has 1 N–H and O–H groups in total. The highest BCUT2D eigenvalue weighted by Gasteiger charge is 2.32. The number of amides is 2. The Kier molecular flexibility index (Phi) is 5.91. The van der Waals surface area contributed by atoms with Crippen LogP contribution in [0, 0.1) is 0 Å². The van der Waals surface area contributed by atoms with E-state index in [4.69, 9.17) is 14.2 Å². The fourth-order valence-corrected chi connectivity index (χ4v) is 3.96. The third kappa shape index (κ3) is 4.45. The molecule has 2 aliphatic heterocycles. The Labute approximate surface area is 197 Å². The van der Waals surface area contributed by atoms with E-state index in [0.29, 0.717) is 36.1 Å². The molecule has 3 aromatic rings. The number of carbonyl (C=O) groups excluding carboxylic acids is 2. The molecule has 0 spiro atoms. The number of hydrogen-bond acceptors (Lipinski definition) is 5. The van der Waals surface area contributed by atoms with Crippen LogP contribution in [0.25, 0.3) is 6.08 Å². The summed E-state index contributed by atoms with van der Waals surface area (Å²) in [6, 6.07) is 22.0. The second-order valence-corrected chi connectivity index (χ2v) is 8.07. The molecule has 0 aliphatic carbocycles. The van der Waals surface area contributed by atoms with E-state index in [-0.39, 0.29) is 30.2 Å². The van der Waals surface area contributed by atoms with Crippen LogP contribution in [0.3, 0.4) is 0 Å². The summed E-state index contributed by atoms with van der Waals surface area (Å²) in [6.07, 6.45) is 1.68. The molecule has 1 atom stereocenters. The molecule has 0 fully saturated rings. The van der Waals surface area contributed by atoms with Crippen LogP contribution in [0.1, 0.15) is 24.1 Å². The number of nitrogens with one attached hydrogen (secondary N) is 1. The Morgan fingerprint density at radius 3 is 2.53 bits per heavy atom. The van der Waals surface area contributed by atoms with Gasteiger partial charge in [0, 0.05) is 0 Å². The summed E-state index contributed by atoms with van der Waals surface area (Å²) in [4.78, 5) is 27.7. The molecule has 34 heavy (non-hydrogen) atoms. The predicted molar refractivity (Wildman–Crippen MR) is 128 cm³/mol. The fraction of sp³-hybridized carbons (Fsp3) is 0.185. The topological polar surface area (TPSA) is 77.1 Å². The summed E-state index contributed by atoms with van der Waals surface area (Å²) in [5.41, 5.74) is 2.28.